The number of likely N-dealkylation sites (N-methyl/N-ethyl adjacent to an activating group) is 1. The molecule has 0 amide bonds. The third-order valence-electron chi connectivity index (χ3n) is 4.46. The molecule has 142 valence electrons. The minimum Gasteiger partial charge on any atom is -0.480 e. The first kappa shape index (κ1) is 22.1. The molecule has 0 unspecified atom stereocenters. The van der Waals surface area contributed by atoms with Crippen LogP contribution in [0, 0.1) is 0 Å². The molecule has 1 aromatic rings. The zero-order chi connectivity index (χ0) is 19.4. The summed E-state index contributed by atoms with van der Waals surface area (Å²) in [4.78, 5) is 18.5. The number of aliphatic carboxylic acids is 1. The van der Waals surface area contributed by atoms with Crippen molar-refractivity contribution in [3.63, 3.8) is 0 Å². The number of carbonyl (C=O) groups is 1. The van der Waals surface area contributed by atoms with E-state index in [4.69, 9.17) is 4.98 Å². The molecule has 0 aliphatic carbocycles. The molecule has 1 heterocycles. The molecular formula is C20H35N2O2P. The summed E-state index contributed by atoms with van der Waals surface area (Å²) in [6.07, 6.45) is 0.917. The van der Waals surface area contributed by atoms with Crippen LogP contribution >= 0.6 is 7.92 Å². The Bertz CT molecular complexity index is 558. The fourth-order valence-electron chi connectivity index (χ4n) is 3.44. The summed E-state index contributed by atoms with van der Waals surface area (Å²) in [6.45, 7) is 19.1. The SMILES string of the molecule is CCN(CC)[C@H](C(=O)O)c1cccc(CP(C(C)(C)C)C(C)(C)C)n1. The van der Waals surface area contributed by atoms with Crippen molar-refractivity contribution >= 4 is 13.9 Å². The van der Waals surface area contributed by atoms with Crippen molar-refractivity contribution < 1.29 is 9.90 Å². The molecular weight excluding hydrogens is 331 g/mol. The summed E-state index contributed by atoms with van der Waals surface area (Å²) in [5.41, 5.74) is 1.65. The molecule has 1 N–H and O–H groups in total. The minimum atomic E-state index is -0.831. The molecule has 5 heteroatoms. The molecule has 0 aromatic carbocycles. The highest BCUT2D eigenvalue weighted by atomic mass is 31.1. The smallest absolute Gasteiger partial charge is 0.327 e. The van der Waals surface area contributed by atoms with Gasteiger partial charge in [0.05, 0.1) is 5.69 Å². The molecule has 4 nitrogen and oxygen atoms in total. The molecule has 1 atom stereocenters. The van der Waals surface area contributed by atoms with Gasteiger partial charge in [-0.25, -0.2) is 0 Å². The second-order valence-corrected chi connectivity index (χ2v) is 12.3. The van der Waals surface area contributed by atoms with Gasteiger partial charge < -0.3 is 5.11 Å². The number of carboxylic acid groups (broad SMARTS) is 1. The van der Waals surface area contributed by atoms with Crippen molar-refractivity contribution in [2.45, 2.75) is 77.9 Å². The van der Waals surface area contributed by atoms with Gasteiger partial charge in [0.15, 0.2) is 6.04 Å². The second kappa shape index (κ2) is 8.60. The van der Waals surface area contributed by atoms with Crippen molar-refractivity contribution in [3.8, 4) is 0 Å². The van der Waals surface area contributed by atoms with Crippen LogP contribution in [-0.4, -0.2) is 44.4 Å². The Morgan fingerprint density at radius 2 is 1.64 bits per heavy atom. The van der Waals surface area contributed by atoms with Crippen LogP contribution in [0.15, 0.2) is 18.2 Å². The predicted molar refractivity (Wildman–Crippen MR) is 108 cm³/mol. The van der Waals surface area contributed by atoms with Crippen LogP contribution in [0.5, 0.6) is 0 Å². The monoisotopic (exact) mass is 366 g/mol. The molecule has 0 aliphatic rings. The maximum Gasteiger partial charge on any atom is 0.327 e. The topological polar surface area (TPSA) is 53.4 Å². The van der Waals surface area contributed by atoms with E-state index in [0.717, 1.165) is 11.9 Å². The minimum absolute atomic E-state index is 0.219. The lowest BCUT2D eigenvalue weighted by Crippen LogP contribution is -2.34. The quantitative estimate of drug-likeness (QED) is 0.680. The summed E-state index contributed by atoms with van der Waals surface area (Å²) in [5.74, 6) is -0.831. The van der Waals surface area contributed by atoms with Gasteiger partial charge in [0, 0.05) is 11.9 Å². The number of hydrogen-bond acceptors (Lipinski definition) is 3. The molecule has 0 fully saturated rings. The number of hydrogen-bond donors (Lipinski definition) is 1. The number of nitrogens with zero attached hydrogens (tertiary/aromatic N) is 2. The number of carboxylic acids is 1. The van der Waals surface area contributed by atoms with E-state index < -0.39 is 12.0 Å². The Morgan fingerprint density at radius 3 is 2.04 bits per heavy atom. The standard InChI is InChI=1S/C20H35N2O2P/c1-9-22(10-2)17(18(23)24)16-13-11-12-15(21-16)14-25(19(3,4)5)20(6,7)8/h11-13,17H,9-10,14H2,1-8H3,(H,23,24)/t17-/m0/s1. The van der Waals surface area contributed by atoms with E-state index in [2.05, 4.69) is 41.5 Å². The number of aromatic nitrogens is 1. The first-order valence-electron chi connectivity index (χ1n) is 9.12. The molecule has 1 rings (SSSR count). The van der Waals surface area contributed by atoms with Gasteiger partial charge in [-0.3, -0.25) is 14.7 Å². The summed E-state index contributed by atoms with van der Waals surface area (Å²) >= 11 is 0. The average molecular weight is 366 g/mol. The van der Waals surface area contributed by atoms with E-state index in [1.54, 1.807) is 0 Å². The van der Waals surface area contributed by atoms with Crippen LogP contribution in [0.4, 0.5) is 0 Å². The molecule has 0 spiro atoms. The van der Waals surface area contributed by atoms with Crippen LogP contribution in [0.25, 0.3) is 0 Å². The van der Waals surface area contributed by atoms with Crippen LogP contribution in [0.3, 0.4) is 0 Å². The maximum atomic E-state index is 11.8. The van der Waals surface area contributed by atoms with E-state index in [1.807, 2.05) is 36.9 Å². The summed E-state index contributed by atoms with van der Waals surface area (Å²) in [6, 6.07) is 5.16. The Morgan fingerprint density at radius 1 is 1.12 bits per heavy atom. The van der Waals surface area contributed by atoms with Gasteiger partial charge in [0.2, 0.25) is 0 Å². The van der Waals surface area contributed by atoms with Crippen molar-refractivity contribution in [2.24, 2.45) is 0 Å². The summed E-state index contributed by atoms with van der Waals surface area (Å²) < 4.78 is 0. The number of rotatable bonds is 7. The Labute approximate surface area is 154 Å². The van der Waals surface area contributed by atoms with Gasteiger partial charge in [-0.1, -0.05) is 69.4 Å². The fourth-order valence-corrected chi connectivity index (χ4v) is 6.90. The van der Waals surface area contributed by atoms with E-state index in [9.17, 15) is 9.90 Å². The zero-order valence-corrected chi connectivity index (χ0v) is 18.0. The average Bonchev–Trinajstić information content (AvgIpc) is 2.47. The van der Waals surface area contributed by atoms with Crippen LogP contribution in [0.1, 0.15) is 72.8 Å². The summed E-state index contributed by atoms with van der Waals surface area (Å²) in [5, 5.41) is 10.2. The van der Waals surface area contributed by atoms with Crippen LogP contribution in [0.2, 0.25) is 0 Å². The van der Waals surface area contributed by atoms with E-state index in [-0.39, 0.29) is 18.2 Å². The van der Waals surface area contributed by atoms with Gasteiger partial charge >= 0.3 is 5.97 Å². The van der Waals surface area contributed by atoms with Crippen molar-refractivity contribution in [3.05, 3.63) is 29.6 Å². The molecule has 0 bridgehead atoms. The van der Waals surface area contributed by atoms with Gasteiger partial charge in [-0.15, -0.1) is 0 Å². The first-order valence-corrected chi connectivity index (χ1v) is 10.6. The van der Waals surface area contributed by atoms with Gasteiger partial charge in [-0.05, 0) is 35.5 Å². The normalized spacial score (nSPS) is 14.2. The third-order valence-corrected chi connectivity index (χ3v) is 8.34. The lowest BCUT2D eigenvalue weighted by molar-refractivity contribution is -0.143. The maximum absolute atomic E-state index is 11.8. The molecule has 0 saturated carbocycles. The molecule has 1 aromatic heterocycles. The molecule has 0 saturated heterocycles. The van der Waals surface area contributed by atoms with E-state index in [0.29, 0.717) is 18.8 Å². The second-order valence-electron chi connectivity index (χ2n) is 8.44. The Balaban J connectivity index is 3.21. The highest BCUT2D eigenvalue weighted by Gasteiger charge is 2.35. The third kappa shape index (κ3) is 6.04. The van der Waals surface area contributed by atoms with Gasteiger partial charge in [-0.2, -0.15) is 0 Å². The van der Waals surface area contributed by atoms with Crippen molar-refractivity contribution in [2.75, 3.05) is 13.1 Å². The van der Waals surface area contributed by atoms with Crippen LogP contribution in [-0.2, 0) is 11.0 Å². The molecule has 0 aliphatic heterocycles. The van der Waals surface area contributed by atoms with Gasteiger partial charge in [0.25, 0.3) is 0 Å². The van der Waals surface area contributed by atoms with Crippen LogP contribution < -0.4 is 0 Å². The van der Waals surface area contributed by atoms with Crippen molar-refractivity contribution in [1.82, 2.24) is 9.88 Å². The lowest BCUT2D eigenvalue weighted by Gasteiger charge is -2.41. The Kier molecular flexibility index (Phi) is 7.58. The highest BCUT2D eigenvalue weighted by Crippen LogP contribution is 2.61. The molecule has 0 radical (unpaired) electrons. The molecule has 25 heavy (non-hydrogen) atoms. The van der Waals surface area contributed by atoms with E-state index >= 15 is 0 Å². The van der Waals surface area contributed by atoms with E-state index in [1.165, 1.54) is 0 Å². The number of pyridine rings is 1. The highest BCUT2D eigenvalue weighted by molar-refractivity contribution is 7.60. The Hall–Kier alpha value is -0.990. The van der Waals surface area contributed by atoms with Crippen molar-refractivity contribution in [1.29, 1.82) is 0 Å². The largest absolute Gasteiger partial charge is 0.480 e. The van der Waals surface area contributed by atoms with Gasteiger partial charge in [0.1, 0.15) is 0 Å². The zero-order valence-electron chi connectivity index (χ0n) is 17.1. The summed E-state index contributed by atoms with van der Waals surface area (Å²) in [7, 11) is -0.312. The lowest BCUT2D eigenvalue weighted by atomic mass is 10.1. The fraction of sp³-hybridized carbons (Fsp3) is 0.700. The predicted octanol–water partition coefficient (Wildman–Crippen LogP) is 5.13. The first-order chi connectivity index (χ1) is 11.4.